The van der Waals surface area contributed by atoms with E-state index in [-0.39, 0.29) is 11.4 Å². The molecule has 32 heavy (non-hydrogen) atoms. The Morgan fingerprint density at radius 3 is 2.31 bits per heavy atom. The third kappa shape index (κ3) is 4.29. The van der Waals surface area contributed by atoms with Crippen LogP contribution in [0.3, 0.4) is 0 Å². The predicted molar refractivity (Wildman–Crippen MR) is 126 cm³/mol. The number of aliphatic imine (C=N–C) groups is 1. The van der Waals surface area contributed by atoms with Crippen LogP contribution in [0.25, 0.3) is 16.5 Å². The molecule has 0 saturated carbocycles. The van der Waals surface area contributed by atoms with Gasteiger partial charge in [0.05, 0.1) is 16.9 Å². The molecule has 0 aliphatic carbocycles. The molecular weight excluding hydrogens is 430 g/mol. The molecule has 0 radical (unpaired) electrons. The Balaban J connectivity index is 1.84. The number of hydrogen-bond acceptors (Lipinski definition) is 4. The summed E-state index contributed by atoms with van der Waals surface area (Å²) in [6.45, 7) is 3.92. The largest absolute Gasteiger partial charge is 0.494 e. The molecule has 0 aliphatic rings. The van der Waals surface area contributed by atoms with Gasteiger partial charge >= 0.3 is 0 Å². The minimum atomic E-state index is -2.49. The maximum Gasteiger partial charge on any atom is 0.288 e. The molecule has 162 valence electrons. The van der Waals surface area contributed by atoms with E-state index in [1.807, 2.05) is 26.0 Å². The first-order chi connectivity index (χ1) is 15.3. The van der Waals surface area contributed by atoms with Crippen molar-refractivity contribution in [3.8, 4) is 11.6 Å². The Kier molecular flexibility index (Phi) is 6.10. The van der Waals surface area contributed by atoms with E-state index >= 15 is 0 Å². The maximum absolute atomic E-state index is 13.2. The molecule has 3 aromatic carbocycles. The zero-order valence-corrected chi connectivity index (χ0v) is 18.2. The van der Waals surface area contributed by atoms with Crippen molar-refractivity contribution in [3.05, 3.63) is 93.8 Å². The van der Waals surface area contributed by atoms with E-state index in [4.69, 9.17) is 0 Å². The summed E-state index contributed by atoms with van der Waals surface area (Å²) < 4.78 is 26.3. The lowest BCUT2D eigenvalue weighted by Gasteiger charge is -2.14. The van der Waals surface area contributed by atoms with Crippen molar-refractivity contribution < 1.29 is 13.9 Å². The molecule has 1 heterocycles. The quantitative estimate of drug-likeness (QED) is 0.284. The summed E-state index contributed by atoms with van der Waals surface area (Å²) in [5, 5.41) is 12.1. The van der Waals surface area contributed by atoms with Gasteiger partial charge in [0.25, 0.3) is 11.3 Å². The lowest BCUT2D eigenvalue weighted by molar-refractivity contribution is 0.252. The average Bonchev–Trinajstić information content (AvgIpc) is 2.77. The van der Waals surface area contributed by atoms with Gasteiger partial charge in [0, 0.05) is 21.9 Å². The van der Waals surface area contributed by atoms with Crippen LogP contribution in [0, 0.1) is 13.8 Å². The van der Waals surface area contributed by atoms with Crippen LogP contribution in [0.4, 0.5) is 14.5 Å². The summed E-state index contributed by atoms with van der Waals surface area (Å²) in [6.07, 6.45) is 1.49. The molecule has 0 saturated heterocycles. The van der Waals surface area contributed by atoms with Gasteiger partial charge < -0.3 is 5.11 Å². The highest BCUT2D eigenvalue weighted by molar-refractivity contribution is 7.99. The maximum atomic E-state index is 13.2. The Bertz CT molecular complexity index is 1380. The van der Waals surface area contributed by atoms with Gasteiger partial charge in [0.1, 0.15) is 0 Å². The van der Waals surface area contributed by atoms with Crippen molar-refractivity contribution in [3.63, 3.8) is 0 Å². The highest BCUT2D eigenvalue weighted by Crippen LogP contribution is 2.29. The monoisotopic (exact) mass is 450 g/mol. The number of aromatic nitrogens is 1. The van der Waals surface area contributed by atoms with Crippen LogP contribution in [0.15, 0.2) is 81.4 Å². The molecule has 4 nitrogen and oxygen atoms in total. The zero-order chi connectivity index (χ0) is 22.8. The predicted octanol–water partition coefficient (Wildman–Crippen LogP) is 6.38. The first-order valence-electron chi connectivity index (χ1n) is 9.88. The van der Waals surface area contributed by atoms with Crippen LogP contribution in [-0.4, -0.2) is 21.6 Å². The van der Waals surface area contributed by atoms with Crippen molar-refractivity contribution in [2.45, 2.75) is 24.5 Å². The van der Waals surface area contributed by atoms with E-state index in [1.54, 1.807) is 54.6 Å². The van der Waals surface area contributed by atoms with E-state index in [0.29, 0.717) is 44.4 Å². The number of halogens is 2. The van der Waals surface area contributed by atoms with Crippen molar-refractivity contribution >= 4 is 34.4 Å². The fourth-order valence-electron chi connectivity index (χ4n) is 3.45. The molecule has 0 spiro atoms. The molecule has 0 fully saturated rings. The lowest BCUT2D eigenvalue weighted by Crippen LogP contribution is -2.20. The molecule has 0 bridgehead atoms. The molecule has 0 atom stereocenters. The van der Waals surface area contributed by atoms with Crippen molar-refractivity contribution in [1.29, 1.82) is 0 Å². The number of benzene rings is 3. The summed E-state index contributed by atoms with van der Waals surface area (Å²) in [5.74, 6) is -2.70. The zero-order valence-electron chi connectivity index (χ0n) is 17.4. The number of fused-ring (bicyclic) bond motifs is 1. The Morgan fingerprint density at radius 2 is 1.66 bits per heavy atom. The minimum Gasteiger partial charge on any atom is -0.494 e. The second kappa shape index (κ2) is 8.96. The Hall–Kier alpha value is -3.45. The molecule has 1 aromatic heterocycles. The summed E-state index contributed by atoms with van der Waals surface area (Å²) in [6, 6.07) is 18.9. The molecule has 0 aliphatic heterocycles. The van der Waals surface area contributed by atoms with Gasteiger partial charge in [-0.15, -0.1) is 0 Å². The SMILES string of the molecule is Cc1ccc(-n2c(O)c(C=Nc3ccc(SC(F)F)cc3)c3ccccc3c2=O)cc1C. The second-order valence-electron chi connectivity index (χ2n) is 7.32. The summed E-state index contributed by atoms with van der Waals surface area (Å²) in [7, 11) is 0. The molecule has 7 heteroatoms. The normalized spacial score (nSPS) is 11.7. The minimum absolute atomic E-state index is 0.217. The first kappa shape index (κ1) is 21.8. The molecule has 0 amide bonds. The summed E-state index contributed by atoms with van der Waals surface area (Å²) in [4.78, 5) is 18.0. The topological polar surface area (TPSA) is 54.6 Å². The van der Waals surface area contributed by atoms with E-state index < -0.39 is 5.76 Å². The molecule has 0 unspecified atom stereocenters. The van der Waals surface area contributed by atoms with Gasteiger partial charge in [-0.1, -0.05) is 36.0 Å². The van der Waals surface area contributed by atoms with Crippen molar-refractivity contribution in [2.75, 3.05) is 0 Å². The molecule has 4 rings (SSSR count). The Morgan fingerprint density at radius 1 is 0.969 bits per heavy atom. The lowest BCUT2D eigenvalue weighted by atomic mass is 10.1. The average molecular weight is 451 g/mol. The number of alkyl halides is 2. The van der Waals surface area contributed by atoms with Gasteiger partial charge in [-0.05, 0) is 67.4 Å². The van der Waals surface area contributed by atoms with Crippen LogP contribution >= 0.6 is 11.8 Å². The van der Waals surface area contributed by atoms with Crippen LogP contribution in [0.1, 0.15) is 16.7 Å². The van der Waals surface area contributed by atoms with E-state index in [2.05, 4.69) is 4.99 Å². The van der Waals surface area contributed by atoms with Gasteiger partial charge in [-0.2, -0.15) is 8.78 Å². The third-order valence-corrected chi connectivity index (χ3v) is 5.98. The van der Waals surface area contributed by atoms with E-state index in [1.165, 1.54) is 10.8 Å². The van der Waals surface area contributed by atoms with Gasteiger partial charge in [-0.3, -0.25) is 9.79 Å². The fraction of sp³-hybridized carbons (Fsp3) is 0.120. The van der Waals surface area contributed by atoms with Crippen LogP contribution in [-0.2, 0) is 0 Å². The highest BCUT2D eigenvalue weighted by atomic mass is 32.2. The number of rotatable bonds is 5. The number of hydrogen-bond donors (Lipinski definition) is 1. The third-order valence-electron chi connectivity index (χ3n) is 5.26. The Labute approximate surface area is 187 Å². The number of nitrogens with zero attached hydrogens (tertiary/aromatic N) is 2. The molecule has 1 N–H and O–H groups in total. The van der Waals surface area contributed by atoms with E-state index in [9.17, 15) is 18.7 Å². The smallest absolute Gasteiger partial charge is 0.288 e. The van der Waals surface area contributed by atoms with Gasteiger partial charge in [0.15, 0.2) is 0 Å². The molecule has 4 aromatic rings. The summed E-state index contributed by atoms with van der Waals surface area (Å²) >= 11 is 0.466. The van der Waals surface area contributed by atoms with Crippen LogP contribution in [0.2, 0.25) is 0 Å². The van der Waals surface area contributed by atoms with Crippen molar-refractivity contribution in [2.24, 2.45) is 4.99 Å². The fourth-order valence-corrected chi connectivity index (χ4v) is 3.95. The van der Waals surface area contributed by atoms with Crippen LogP contribution < -0.4 is 5.56 Å². The van der Waals surface area contributed by atoms with Crippen molar-refractivity contribution in [1.82, 2.24) is 4.57 Å². The second-order valence-corrected chi connectivity index (χ2v) is 8.39. The van der Waals surface area contributed by atoms with E-state index in [0.717, 1.165) is 11.1 Å². The van der Waals surface area contributed by atoms with Gasteiger partial charge in [-0.25, -0.2) is 4.57 Å². The standard InChI is InChI=1S/C25H20F2N2O2S/c1-15-7-10-18(13-16(15)2)29-23(30)21-6-4-3-5-20(21)22(24(29)31)14-28-17-8-11-19(12-9-17)32-25(26)27/h3-14,25,31H,1-2H3. The molecular formula is C25H20F2N2O2S. The number of pyridine rings is 1. The van der Waals surface area contributed by atoms with Crippen LogP contribution in [0.5, 0.6) is 5.88 Å². The summed E-state index contributed by atoms with van der Waals surface area (Å²) in [5.41, 5.74) is 3.24. The highest BCUT2D eigenvalue weighted by Gasteiger charge is 2.16. The number of thioether (sulfide) groups is 1. The first-order valence-corrected chi connectivity index (χ1v) is 10.8. The number of aryl methyl sites for hydroxylation is 2. The number of aromatic hydroxyl groups is 1. The van der Waals surface area contributed by atoms with Gasteiger partial charge in [0.2, 0.25) is 5.88 Å².